The highest BCUT2D eigenvalue weighted by molar-refractivity contribution is 5.79. The molecule has 2 N–H and O–H groups in total. The molecule has 0 bridgehead atoms. The van der Waals surface area contributed by atoms with Crippen molar-refractivity contribution in [2.24, 2.45) is 4.99 Å². The third-order valence-corrected chi connectivity index (χ3v) is 2.49. The maximum atomic E-state index is 5.66. The first-order chi connectivity index (χ1) is 8.36. The largest absolute Gasteiger partial charge is 0.379 e. The average molecular weight is 241 g/mol. The van der Waals surface area contributed by atoms with E-state index in [4.69, 9.17) is 9.47 Å². The van der Waals surface area contributed by atoms with Crippen molar-refractivity contribution in [3.05, 3.63) is 12.7 Å². The molecule has 0 amide bonds. The molecule has 0 saturated carbocycles. The quantitative estimate of drug-likeness (QED) is 0.295. The molecule has 0 aromatic heterocycles. The predicted octanol–water partition coefficient (Wildman–Crippen LogP) is 0.533. The number of guanidine groups is 1. The Hall–Kier alpha value is -1.07. The molecule has 0 aromatic carbocycles. The van der Waals surface area contributed by atoms with Crippen LogP contribution < -0.4 is 10.6 Å². The predicted molar refractivity (Wildman–Crippen MR) is 69.4 cm³/mol. The van der Waals surface area contributed by atoms with Gasteiger partial charge in [0.15, 0.2) is 5.96 Å². The lowest BCUT2D eigenvalue weighted by molar-refractivity contribution is 0.0420. The van der Waals surface area contributed by atoms with E-state index in [1.165, 1.54) is 0 Å². The molecule has 0 aliphatic carbocycles. The minimum Gasteiger partial charge on any atom is -0.379 e. The molecule has 1 heterocycles. The molecule has 1 aliphatic heterocycles. The van der Waals surface area contributed by atoms with Crippen LogP contribution in [-0.4, -0.2) is 52.0 Å². The van der Waals surface area contributed by atoms with E-state index in [0.717, 1.165) is 51.7 Å². The summed E-state index contributed by atoms with van der Waals surface area (Å²) in [5.41, 5.74) is 0. The molecule has 5 heteroatoms. The lowest BCUT2D eigenvalue weighted by Gasteiger charge is -2.12. The summed E-state index contributed by atoms with van der Waals surface area (Å²) in [5, 5.41) is 6.32. The molecule has 5 nitrogen and oxygen atoms in total. The van der Waals surface area contributed by atoms with Crippen molar-refractivity contribution in [1.29, 1.82) is 0 Å². The number of ether oxygens (including phenoxy) is 2. The van der Waals surface area contributed by atoms with Crippen LogP contribution in [0.4, 0.5) is 0 Å². The summed E-state index contributed by atoms with van der Waals surface area (Å²) >= 11 is 0. The molecule has 1 fully saturated rings. The molecule has 1 saturated heterocycles. The van der Waals surface area contributed by atoms with Gasteiger partial charge in [-0.25, -0.2) is 0 Å². The van der Waals surface area contributed by atoms with Crippen LogP contribution in [0, 0.1) is 0 Å². The van der Waals surface area contributed by atoms with Gasteiger partial charge in [0.25, 0.3) is 0 Å². The van der Waals surface area contributed by atoms with E-state index < -0.39 is 0 Å². The molecular weight excluding hydrogens is 218 g/mol. The van der Waals surface area contributed by atoms with Crippen LogP contribution in [0.15, 0.2) is 17.6 Å². The Morgan fingerprint density at radius 2 is 2.47 bits per heavy atom. The Balaban J connectivity index is 1.96. The summed E-state index contributed by atoms with van der Waals surface area (Å²) in [6.07, 6.45) is 4.09. The zero-order valence-corrected chi connectivity index (χ0v) is 10.6. The van der Waals surface area contributed by atoms with Gasteiger partial charge in [-0.05, 0) is 12.8 Å². The minimum atomic E-state index is 0.299. The maximum Gasteiger partial charge on any atom is 0.191 e. The highest BCUT2D eigenvalue weighted by atomic mass is 16.5. The van der Waals surface area contributed by atoms with Gasteiger partial charge in [-0.15, -0.1) is 6.58 Å². The first kappa shape index (κ1) is 14.0. The Kier molecular flexibility index (Phi) is 7.42. The van der Waals surface area contributed by atoms with Gasteiger partial charge < -0.3 is 20.1 Å². The van der Waals surface area contributed by atoms with Gasteiger partial charge in [-0.2, -0.15) is 0 Å². The molecule has 1 aliphatic rings. The Labute approximate surface area is 103 Å². The highest BCUT2D eigenvalue weighted by Crippen LogP contribution is 2.07. The van der Waals surface area contributed by atoms with Crippen LogP contribution in [-0.2, 0) is 9.47 Å². The summed E-state index contributed by atoms with van der Waals surface area (Å²) in [6, 6.07) is 0. The smallest absolute Gasteiger partial charge is 0.191 e. The van der Waals surface area contributed by atoms with Crippen molar-refractivity contribution in [3.8, 4) is 0 Å². The zero-order valence-electron chi connectivity index (χ0n) is 10.6. The summed E-state index contributed by atoms with van der Waals surface area (Å²) in [7, 11) is 1.75. The van der Waals surface area contributed by atoms with Gasteiger partial charge >= 0.3 is 0 Å². The number of rotatable bonds is 7. The lowest BCUT2D eigenvalue weighted by atomic mass is 10.3. The molecular formula is C12H23N3O2. The van der Waals surface area contributed by atoms with Gasteiger partial charge in [0.2, 0.25) is 0 Å². The molecule has 17 heavy (non-hydrogen) atoms. The van der Waals surface area contributed by atoms with Gasteiger partial charge in [0, 0.05) is 33.4 Å². The molecule has 1 rings (SSSR count). The van der Waals surface area contributed by atoms with Gasteiger partial charge in [-0.3, -0.25) is 4.99 Å². The van der Waals surface area contributed by atoms with Crippen molar-refractivity contribution < 1.29 is 9.47 Å². The standard InChI is InChI=1S/C12H23N3O2/c1-3-6-14-12(13-2)15-7-4-8-17-11-5-9-16-10-11/h3,11H,1,4-10H2,2H3,(H2,13,14,15). The van der Waals surface area contributed by atoms with E-state index in [1.54, 1.807) is 13.1 Å². The average Bonchev–Trinajstić information content (AvgIpc) is 2.85. The normalized spacial score (nSPS) is 20.3. The summed E-state index contributed by atoms with van der Waals surface area (Å²) in [5.74, 6) is 0.800. The SMILES string of the molecule is C=CCNC(=NC)NCCCOC1CCOC1. The second kappa shape index (κ2) is 9.01. The monoisotopic (exact) mass is 241 g/mol. The van der Waals surface area contributed by atoms with Crippen LogP contribution in [0.2, 0.25) is 0 Å². The molecule has 1 unspecified atom stereocenters. The van der Waals surface area contributed by atoms with E-state index in [1.807, 2.05) is 0 Å². The topological polar surface area (TPSA) is 54.9 Å². The number of nitrogens with one attached hydrogen (secondary N) is 2. The third kappa shape index (κ3) is 6.28. The Morgan fingerprint density at radius 1 is 1.59 bits per heavy atom. The Morgan fingerprint density at radius 3 is 3.12 bits per heavy atom. The fraction of sp³-hybridized carbons (Fsp3) is 0.750. The van der Waals surface area contributed by atoms with E-state index in [2.05, 4.69) is 22.2 Å². The second-order valence-corrected chi connectivity index (χ2v) is 3.88. The van der Waals surface area contributed by atoms with Gasteiger partial charge in [0.1, 0.15) is 0 Å². The molecule has 0 radical (unpaired) electrons. The van der Waals surface area contributed by atoms with Crippen molar-refractivity contribution in [2.45, 2.75) is 18.9 Å². The fourth-order valence-electron chi connectivity index (χ4n) is 1.56. The Bertz CT molecular complexity index is 238. The summed E-state index contributed by atoms with van der Waals surface area (Å²) in [6.45, 7) is 7.56. The van der Waals surface area contributed by atoms with Crippen molar-refractivity contribution in [1.82, 2.24) is 10.6 Å². The zero-order chi connectivity index (χ0) is 12.3. The van der Waals surface area contributed by atoms with E-state index >= 15 is 0 Å². The van der Waals surface area contributed by atoms with E-state index in [9.17, 15) is 0 Å². The van der Waals surface area contributed by atoms with E-state index in [0.29, 0.717) is 6.10 Å². The maximum absolute atomic E-state index is 5.66. The van der Waals surface area contributed by atoms with Crippen molar-refractivity contribution in [3.63, 3.8) is 0 Å². The van der Waals surface area contributed by atoms with Gasteiger partial charge in [0.05, 0.1) is 12.7 Å². The second-order valence-electron chi connectivity index (χ2n) is 3.88. The van der Waals surface area contributed by atoms with Gasteiger partial charge in [-0.1, -0.05) is 6.08 Å². The molecule has 0 aromatic rings. The van der Waals surface area contributed by atoms with Crippen LogP contribution in [0.25, 0.3) is 0 Å². The molecule has 0 spiro atoms. The van der Waals surface area contributed by atoms with Crippen molar-refractivity contribution in [2.75, 3.05) is 40.0 Å². The first-order valence-corrected chi connectivity index (χ1v) is 6.11. The number of hydrogen-bond acceptors (Lipinski definition) is 3. The number of aliphatic imine (C=N–C) groups is 1. The molecule has 98 valence electrons. The third-order valence-electron chi connectivity index (χ3n) is 2.49. The fourth-order valence-corrected chi connectivity index (χ4v) is 1.56. The summed E-state index contributed by atoms with van der Waals surface area (Å²) in [4.78, 5) is 4.09. The number of nitrogens with zero attached hydrogens (tertiary/aromatic N) is 1. The minimum absolute atomic E-state index is 0.299. The van der Waals surface area contributed by atoms with Crippen LogP contribution in [0.5, 0.6) is 0 Å². The lowest BCUT2D eigenvalue weighted by Crippen LogP contribution is -2.38. The first-order valence-electron chi connectivity index (χ1n) is 6.11. The van der Waals surface area contributed by atoms with Crippen LogP contribution in [0.3, 0.4) is 0 Å². The van der Waals surface area contributed by atoms with Crippen LogP contribution >= 0.6 is 0 Å². The van der Waals surface area contributed by atoms with E-state index in [-0.39, 0.29) is 0 Å². The van der Waals surface area contributed by atoms with Crippen LogP contribution in [0.1, 0.15) is 12.8 Å². The summed E-state index contributed by atoms with van der Waals surface area (Å²) < 4.78 is 10.9. The van der Waals surface area contributed by atoms with Crippen molar-refractivity contribution >= 4 is 5.96 Å². The highest BCUT2D eigenvalue weighted by Gasteiger charge is 2.15. The number of hydrogen-bond donors (Lipinski definition) is 2. The molecule has 1 atom stereocenters.